The Hall–Kier alpha value is -1.33. The van der Waals surface area contributed by atoms with Crippen molar-refractivity contribution in [2.45, 2.75) is 6.42 Å². The summed E-state index contributed by atoms with van der Waals surface area (Å²) >= 11 is 5.82. The van der Waals surface area contributed by atoms with Gasteiger partial charge in [0.15, 0.2) is 11.6 Å². The second-order valence-electron chi connectivity index (χ2n) is 4.28. The standard InChI is InChI=1S/C13H16ClFN2O2/c14-10-2-1-3-11(15)13(10)19-9-4-12(18)17-7-5-16-6-8-17/h1-3,16H,4-9H2. The van der Waals surface area contributed by atoms with E-state index in [1.807, 2.05) is 0 Å². The Morgan fingerprint density at radius 1 is 1.42 bits per heavy atom. The molecule has 0 saturated carbocycles. The van der Waals surface area contributed by atoms with Crippen LogP contribution in [0.5, 0.6) is 5.75 Å². The van der Waals surface area contributed by atoms with Gasteiger partial charge in [-0.25, -0.2) is 4.39 Å². The van der Waals surface area contributed by atoms with E-state index in [0.717, 1.165) is 13.1 Å². The Morgan fingerprint density at radius 2 is 2.16 bits per heavy atom. The SMILES string of the molecule is O=C(CCOc1c(F)cccc1Cl)N1CCNCC1. The number of nitrogens with one attached hydrogen (secondary N) is 1. The van der Waals surface area contributed by atoms with Gasteiger partial charge >= 0.3 is 0 Å². The molecule has 1 aromatic rings. The van der Waals surface area contributed by atoms with E-state index >= 15 is 0 Å². The number of ether oxygens (including phenoxy) is 1. The molecule has 0 unspecified atom stereocenters. The van der Waals surface area contributed by atoms with Crippen molar-refractivity contribution in [2.75, 3.05) is 32.8 Å². The van der Waals surface area contributed by atoms with Crippen molar-refractivity contribution in [3.8, 4) is 5.75 Å². The van der Waals surface area contributed by atoms with E-state index in [-0.39, 0.29) is 29.7 Å². The van der Waals surface area contributed by atoms with Crippen LogP contribution in [0.3, 0.4) is 0 Å². The summed E-state index contributed by atoms with van der Waals surface area (Å²) in [4.78, 5) is 13.6. The highest BCUT2D eigenvalue weighted by Gasteiger charge is 2.16. The topological polar surface area (TPSA) is 41.6 Å². The monoisotopic (exact) mass is 286 g/mol. The Balaban J connectivity index is 1.81. The first kappa shape index (κ1) is 14.1. The number of halogens is 2. The molecule has 1 aliphatic rings. The van der Waals surface area contributed by atoms with Crippen LogP contribution in [0.25, 0.3) is 0 Å². The van der Waals surface area contributed by atoms with Crippen LogP contribution in [0.15, 0.2) is 18.2 Å². The highest BCUT2D eigenvalue weighted by atomic mass is 35.5. The molecule has 0 bridgehead atoms. The number of hydrogen-bond donors (Lipinski definition) is 1. The number of carbonyl (C=O) groups is 1. The maximum atomic E-state index is 13.4. The molecule has 104 valence electrons. The van der Waals surface area contributed by atoms with Crippen molar-refractivity contribution >= 4 is 17.5 Å². The third kappa shape index (κ3) is 3.81. The van der Waals surface area contributed by atoms with Crippen molar-refractivity contribution in [1.82, 2.24) is 10.2 Å². The van der Waals surface area contributed by atoms with Gasteiger partial charge in [-0.3, -0.25) is 4.79 Å². The maximum Gasteiger partial charge on any atom is 0.226 e. The molecule has 19 heavy (non-hydrogen) atoms. The molecular weight excluding hydrogens is 271 g/mol. The van der Waals surface area contributed by atoms with E-state index in [9.17, 15) is 9.18 Å². The normalized spacial score (nSPS) is 15.4. The molecule has 0 radical (unpaired) electrons. The predicted molar refractivity (Wildman–Crippen MR) is 71.0 cm³/mol. The second-order valence-corrected chi connectivity index (χ2v) is 4.69. The van der Waals surface area contributed by atoms with Crippen LogP contribution in [0.1, 0.15) is 6.42 Å². The minimum absolute atomic E-state index is 0.0114. The molecule has 2 rings (SSSR count). The van der Waals surface area contributed by atoms with E-state index in [2.05, 4.69) is 5.32 Å². The van der Waals surface area contributed by atoms with E-state index in [1.165, 1.54) is 12.1 Å². The number of nitrogens with zero attached hydrogens (tertiary/aromatic N) is 1. The lowest BCUT2D eigenvalue weighted by Gasteiger charge is -2.27. The summed E-state index contributed by atoms with van der Waals surface area (Å²) in [6.07, 6.45) is 0.227. The summed E-state index contributed by atoms with van der Waals surface area (Å²) in [7, 11) is 0. The molecule has 1 amide bonds. The van der Waals surface area contributed by atoms with Gasteiger partial charge in [0, 0.05) is 26.2 Å². The lowest BCUT2D eigenvalue weighted by atomic mass is 10.3. The molecule has 0 spiro atoms. The first-order valence-corrected chi connectivity index (χ1v) is 6.61. The van der Waals surface area contributed by atoms with Crippen LogP contribution in [-0.2, 0) is 4.79 Å². The van der Waals surface area contributed by atoms with E-state index in [4.69, 9.17) is 16.3 Å². The van der Waals surface area contributed by atoms with Gasteiger partial charge < -0.3 is 15.0 Å². The van der Waals surface area contributed by atoms with Gasteiger partial charge in [-0.1, -0.05) is 17.7 Å². The van der Waals surface area contributed by atoms with Gasteiger partial charge in [0.2, 0.25) is 5.91 Å². The highest BCUT2D eigenvalue weighted by molar-refractivity contribution is 6.32. The summed E-state index contributed by atoms with van der Waals surface area (Å²) in [5.74, 6) is -0.478. The minimum atomic E-state index is -0.512. The molecule has 1 aromatic carbocycles. The Morgan fingerprint density at radius 3 is 2.84 bits per heavy atom. The lowest BCUT2D eigenvalue weighted by Crippen LogP contribution is -2.46. The first-order chi connectivity index (χ1) is 9.18. The fourth-order valence-electron chi connectivity index (χ4n) is 1.93. The van der Waals surface area contributed by atoms with Crippen molar-refractivity contribution in [3.63, 3.8) is 0 Å². The van der Waals surface area contributed by atoms with Crippen LogP contribution in [0, 0.1) is 5.82 Å². The molecule has 4 nitrogen and oxygen atoms in total. The molecule has 1 fully saturated rings. The second kappa shape index (κ2) is 6.73. The molecule has 0 aliphatic carbocycles. The van der Waals surface area contributed by atoms with Gasteiger partial charge in [-0.05, 0) is 12.1 Å². The smallest absolute Gasteiger partial charge is 0.226 e. The molecule has 6 heteroatoms. The van der Waals surface area contributed by atoms with Crippen LogP contribution < -0.4 is 10.1 Å². The number of piperazine rings is 1. The van der Waals surface area contributed by atoms with Crippen LogP contribution in [-0.4, -0.2) is 43.6 Å². The van der Waals surface area contributed by atoms with Crippen molar-refractivity contribution in [3.05, 3.63) is 29.0 Å². The number of para-hydroxylation sites is 1. The van der Waals surface area contributed by atoms with E-state index in [1.54, 1.807) is 11.0 Å². The number of carbonyl (C=O) groups excluding carboxylic acids is 1. The fourth-order valence-corrected chi connectivity index (χ4v) is 2.15. The van der Waals surface area contributed by atoms with Crippen molar-refractivity contribution in [1.29, 1.82) is 0 Å². The number of rotatable bonds is 4. The summed E-state index contributed by atoms with van der Waals surface area (Å²) in [6, 6.07) is 4.34. The molecule has 0 aromatic heterocycles. The van der Waals surface area contributed by atoms with Crippen molar-refractivity contribution < 1.29 is 13.9 Å². The van der Waals surface area contributed by atoms with Gasteiger partial charge in [0.25, 0.3) is 0 Å². The molecule has 1 saturated heterocycles. The summed E-state index contributed by atoms with van der Waals surface area (Å²) in [6.45, 7) is 3.17. The van der Waals surface area contributed by atoms with E-state index in [0.29, 0.717) is 13.1 Å². The molecular formula is C13H16ClFN2O2. The zero-order valence-corrected chi connectivity index (χ0v) is 11.3. The summed E-state index contributed by atoms with van der Waals surface area (Å²) in [5.41, 5.74) is 0. The third-order valence-corrected chi connectivity index (χ3v) is 3.25. The lowest BCUT2D eigenvalue weighted by molar-refractivity contribution is -0.132. The number of benzene rings is 1. The van der Waals surface area contributed by atoms with Gasteiger partial charge in [-0.15, -0.1) is 0 Å². The zero-order valence-electron chi connectivity index (χ0n) is 10.5. The highest BCUT2D eigenvalue weighted by Crippen LogP contribution is 2.27. The third-order valence-electron chi connectivity index (χ3n) is 2.95. The fraction of sp³-hybridized carbons (Fsp3) is 0.462. The number of amides is 1. The molecule has 0 atom stereocenters. The minimum Gasteiger partial charge on any atom is -0.488 e. The van der Waals surface area contributed by atoms with Crippen LogP contribution in [0.2, 0.25) is 5.02 Å². The Bertz CT molecular complexity index is 430. The van der Waals surface area contributed by atoms with Gasteiger partial charge in [0.1, 0.15) is 0 Å². The number of hydrogen-bond acceptors (Lipinski definition) is 3. The summed E-state index contributed by atoms with van der Waals surface area (Å²) in [5, 5.41) is 3.39. The van der Waals surface area contributed by atoms with Crippen molar-refractivity contribution in [2.24, 2.45) is 0 Å². The molecule has 1 aliphatic heterocycles. The maximum absolute atomic E-state index is 13.4. The molecule has 1 N–H and O–H groups in total. The van der Waals surface area contributed by atoms with Crippen LogP contribution >= 0.6 is 11.6 Å². The average Bonchev–Trinajstić information content (AvgIpc) is 2.43. The zero-order chi connectivity index (χ0) is 13.7. The quantitative estimate of drug-likeness (QED) is 0.916. The van der Waals surface area contributed by atoms with Crippen LogP contribution in [0.4, 0.5) is 4.39 Å². The first-order valence-electron chi connectivity index (χ1n) is 6.24. The Labute approximate surface area is 116 Å². The predicted octanol–water partition coefficient (Wildman–Crippen LogP) is 1.68. The molecule has 1 heterocycles. The average molecular weight is 287 g/mol. The van der Waals surface area contributed by atoms with Gasteiger partial charge in [0.05, 0.1) is 18.1 Å². The van der Waals surface area contributed by atoms with Gasteiger partial charge in [-0.2, -0.15) is 0 Å². The van der Waals surface area contributed by atoms with E-state index < -0.39 is 5.82 Å². The largest absolute Gasteiger partial charge is 0.488 e. The Kier molecular flexibility index (Phi) is 4.99. The summed E-state index contributed by atoms with van der Waals surface area (Å²) < 4.78 is 18.7.